The molecular formula is C16H11BrN2O3. The number of anilines is 1. The van der Waals surface area contributed by atoms with Crippen molar-refractivity contribution in [3.8, 4) is 0 Å². The van der Waals surface area contributed by atoms with E-state index in [1.165, 1.54) is 0 Å². The third-order valence-electron chi connectivity index (χ3n) is 3.33. The molecule has 0 fully saturated rings. The van der Waals surface area contributed by atoms with E-state index in [2.05, 4.69) is 21.2 Å². The molecule has 3 rings (SSSR count). The smallest absolute Gasteiger partial charge is 0.262 e. The Morgan fingerprint density at radius 2 is 1.50 bits per heavy atom. The van der Waals surface area contributed by atoms with E-state index in [4.69, 9.17) is 0 Å². The first-order valence-corrected chi connectivity index (χ1v) is 7.37. The minimum absolute atomic E-state index is 0.312. The summed E-state index contributed by atoms with van der Waals surface area (Å²) in [4.78, 5) is 37.4. The Morgan fingerprint density at radius 1 is 0.955 bits per heavy atom. The van der Waals surface area contributed by atoms with E-state index >= 15 is 0 Å². The van der Waals surface area contributed by atoms with Gasteiger partial charge < -0.3 is 5.32 Å². The summed E-state index contributed by atoms with van der Waals surface area (Å²) >= 11 is 3.32. The molecule has 2 aromatic rings. The summed E-state index contributed by atoms with van der Waals surface area (Å²) in [5.74, 6) is -1.31. The van der Waals surface area contributed by atoms with Gasteiger partial charge >= 0.3 is 0 Å². The van der Waals surface area contributed by atoms with Crippen LogP contribution in [0.3, 0.4) is 0 Å². The molecule has 0 radical (unpaired) electrons. The van der Waals surface area contributed by atoms with Crippen molar-refractivity contribution >= 4 is 39.3 Å². The quantitative estimate of drug-likeness (QED) is 0.857. The van der Waals surface area contributed by atoms with Crippen LogP contribution in [0, 0.1) is 0 Å². The minimum Gasteiger partial charge on any atom is -0.324 e. The highest BCUT2D eigenvalue weighted by Gasteiger charge is 2.36. The maximum atomic E-state index is 12.2. The fourth-order valence-electron chi connectivity index (χ4n) is 2.28. The predicted molar refractivity (Wildman–Crippen MR) is 84.6 cm³/mol. The number of benzene rings is 2. The average Bonchev–Trinajstić information content (AvgIpc) is 2.75. The number of para-hydroxylation sites is 1. The van der Waals surface area contributed by atoms with E-state index in [0.29, 0.717) is 16.8 Å². The lowest BCUT2D eigenvalue weighted by Gasteiger charge is -2.14. The fourth-order valence-corrected chi connectivity index (χ4v) is 2.66. The maximum absolute atomic E-state index is 12.2. The molecule has 0 unspecified atom stereocenters. The summed E-state index contributed by atoms with van der Waals surface area (Å²) in [5.41, 5.74) is 1.26. The van der Waals surface area contributed by atoms with E-state index < -0.39 is 17.7 Å². The Bertz CT molecular complexity index is 753. The van der Waals surface area contributed by atoms with Crippen LogP contribution in [-0.2, 0) is 4.79 Å². The highest BCUT2D eigenvalue weighted by atomic mass is 79.9. The van der Waals surface area contributed by atoms with Gasteiger partial charge in [-0.15, -0.1) is 0 Å². The average molecular weight is 359 g/mol. The SMILES string of the molecule is O=C(CN1C(=O)c2ccccc2C1=O)Nc1ccccc1Br. The molecule has 2 aromatic carbocycles. The molecule has 0 saturated heterocycles. The van der Waals surface area contributed by atoms with E-state index in [1.54, 1.807) is 42.5 Å². The van der Waals surface area contributed by atoms with Crippen LogP contribution in [0.4, 0.5) is 5.69 Å². The summed E-state index contributed by atoms with van der Waals surface area (Å²) in [6, 6.07) is 13.7. The van der Waals surface area contributed by atoms with Crippen LogP contribution in [0.5, 0.6) is 0 Å². The Kier molecular flexibility index (Phi) is 3.77. The lowest BCUT2D eigenvalue weighted by Crippen LogP contribution is -2.37. The van der Waals surface area contributed by atoms with Gasteiger partial charge in [0.05, 0.1) is 16.8 Å². The van der Waals surface area contributed by atoms with Crippen molar-refractivity contribution in [1.82, 2.24) is 4.90 Å². The summed E-state index contributed by atoms with van der Waals surface area (Å²) in [5, 5.41) is 2.67. The number of amides is 3. The van der Waals surface area contributed by atoms with Gasteiger partial charge in [0.1, 0.15) is 6.54 Å². The highest BCUT2D eigenvalue weighted by molar-refractivity contribution is 9.10. The second kappa shape index (κ2) is 5.73. The number of hydrogen-bond donors (Lipinski definition) is 1. The van der Waals surface area contributed by atoms with Crippen molar-refractivity contribution in [1.29, 1.82) is 0 Å². The molecule has 1 aliphatic heterocycles. The highest BCUT2D eigenvalue weighted by Crippen LogP contribution is 2.23. The van der Waals surface area contributed by atoms with E-state index in [0.717, 1.165) is 9.37 Å². The number of carbonyl (C=O) groups is 3. The summed E-state index contributed by atoms with van der Waals surface area (Å²) < 4.78 is 0.728. The van der Waals surface area contributed by atoms with Crippen molar-refractivity contribution in [3.63, 3.8) is 0 Å². The minimum atomic E-state index is -0.442. The van der Waals surface area contributed by atoms with E-state index in [-0.39, 0.29) is 6.54 Å². The molecule has 1 aliphatic rings. The van der Waals surface area contributed by atoms with Crippen molar-refractivity contribution < 1.29 is 14.4 Å². The van der Waals surface area contributed by atoms with Gasteiger partial charge in [-0.1, -0.05) is 24.3 Å². The van der Waals surface area contributed by atoms with Crippen LogP contribution < -0.4 is 5.32 Å². The van der Waals surface area contributed by atoms with E-state index in [9.17, 15) is 14.4 Å². The second-order valence-corrected chi connectivity index (χ2v) is 5.62. The zero-order valence-electron chi connectivity index (χ0n) is 11.4. The molecule has 6 heteroatoms. The normalized spacial score (nSPS) is 13.2. The Morgan fingerprint density at radius 3 is 2.09 bits per heavy atom. The number of nitrogens with zero attached hydrogens (tertiary/aromatic N) is 1. The Hall–Kier alpha value is -2.47. The molecule has 1 heterocycles. The van der Waals surface area contributed by atoms with Crippen LogP contribution in [0.1, 0.15) is 20.7 Å². The molecule has 3 amide bonds. The molecule has 0 aliphatic carbocycles. The predicted octanol–water partition coefficient (Wildman–Crippen LogP) is 2.68. The van der Waals surface area contributed by atoms with Crippen molar-refractivity contribution in [2.24, 2.45) is 0 Å². The number of imide groups is 1. The first kappa shape index (κ1) is 14.5. The van der Waals surface area contributed by atoms with Crippen LogP contribution in [0.15, 0.2) is 53.0 Å². The number of rotatable bonds is 3. The van der Waals surface area contributed by atoms with Gasteiger partial charge in [0, 0.05) is 4.47 Å². The van der Waals surface area contributed by atoms with Gasteiger partial charge in [0.15, 0.2) is 0 Å². The fraction of sp³-hybridized carbons (Fsp3) is 0.0625. The van der Waals surface area contributed by atoms with Crippen molar-refractivity contribution in [3.05, 3.63) is 64.1 Å². The lowest BCUT2D eigenvalue weighted by molar-refractivity contribution is -0.116. The molecular weight excluding hydrogens is 348 g/mol. The number of hydrogen-bond acceptors (Lipinski definition) is 3. The molecule has 0 aromatic heterocycles. The first-order chi connectivity index (χ1) is 10.6. The largest absolute Gasteiger partial charge is 0.324 e. The molecule has 1 N–H and O–H groups in total. The number of carbonyl (C=O) groups excluding carboxylic acids is 3. The van der Waals surface area contributed by atoms with Gasteiger partial charge in [-0.2, -0.15) is 0 Å². The maximum Gasteiger partial charge on any atom is 0.262 e. The summed E-state index contributed by atoms with van der Waals surface area (Å²) in [7, 11) is 0. The van der Waals surface area contributed by atoms with Crippen molar-refractivity contribution in [2.75, 3.05) is 11.9 Å². The first-order valence-electron chi connectivity index (χ1n) is 6.57. The zero-order valence-corrected chi connectivity index (χ0v) is 13.0. The molecule has 0 bridgehead atoms. The Labute approximate surface area is 135 Å². The zero-order chi connectivity index (χ0) is 15.7. The van der Waals surface area contributed by atoms with Crippen LogP contribution in [0.2, 0.25) is 0 Å². The molecule has 0 atom stereocenters. The van der Waals surface area contributed by atoms with Crippen molar-refractivity contribution in [2.45, 2.75) is 0 Å². The third-order valence-corrected chi connectivity index (χ3v) is 4.02. The van der Waals surface area contributed by atoms with Gasteiger partial charge in [0.25, 0.3) is 11.8 Å². The van der Waals surface area contributed by atoms with Gasteiger partial charge in [-0.3, -0.25) is 19.3 Å². The third kappa shape index (κ3) is 2.53. The summed E-state index contributed by atoms with van der Waals surface area (Å²) in [6.45, 7) is -0.312. The second-order valence-electron chi connectivity index (χ2n) is 4.77. The lowest BCUT2D eigenvalue weighted by atomic mass is 10.1. The van der Waals surface area contributed by atoms with Gasteiger partial charge in [0.2, 0.25) is 5.91 Å². The number of nitrogens with one attached hydrogen (secondary N) is 1. The van der Waals surface area contributed by atoms with Crippen LogP contribution >= 0.6 is 15.9 Å². The van der Waals surface area contributed by atoms with Gasteiger partial charge in [-0.05, 0) is 40.2 Å². The molecule has 5 nitrogen and oxygen atoms in total. The topological polar surface area (TPSA) is 66.5 Å². The number of halogens is 1. The molecule has 0 spiro atoms. The van der Waals surface area contributed by atoms with Gasteiger partial charge in [-0.25, -0.2) is 0 Å². The van der Waals surface area contributed by atoms with Crippen LogP contribution in [-0.4, -0.2) is 29.2 Å². The van der Waals surface area contributed by atoms with Crippen LogP contribution in [0.25, 0.3) is 0 Å². The number of fused-ring (bicyclic) bond motifs is 1. The monoisotopic (exact) mass is 358 g/mol. The molecule has 110 valence electrons. The Balaban J connectivity index is 1.75. The molecule has 0 saturated carbocycles. The molecule has 22 heavy (non-hydrogen) atoms. The standard InChI is InChI=1S/C16H11BrN2O3/c17-12-7-3-4-8-13(12)18-14(20)9-19-15(21)10-5-1-2-6-11(10)16(19)22/h1-8H,9H2,(H,18,20). The van der Waals surface area contributed by atoms with E-state index in [1.807, 2.05) is 6.07 Å². The summed E-state index contributed by atoms with van der Waals surface area (Å²) in [6.07, 6.45) is 0.